The maximum Gasteiger partial charge on any atom is 0.165 e. The quantitative estimate of drug-likeness (QED) is 0.411. The minimum Gasteiger partial charge on any atom is -0.491 e. The van der Waals surface area contributed by atoms with Gasteiger partial charge in [-0.3, -0.25) is 4.98 Å². The molecule has 0 N–H and O–H groups in total. The number of aryl methyl sites for hydroxylation is 1. The monoisotopic (exact) mass is 466 g/mol. The van der Waals surface area contributed by atoms with Crippen molar-refractivity contribution < 1.29 is 18.9 Å². The van der Waals surface area contributed by atoms with Crippen LogP contribution in [0.5, 0.6) is 5.75 Å². The molecule has 33 heavy (non-hydrogen) atoms. The van der Waals surface area contributed by atoms with Crippen LogP contribution < -0.4 is 4.74 Å². The van der Waals surface area contributed by atoms with Crippen molar-refractivity contribution in [3.8, 4) is 5.75 Å². The van der Waals surface area contributed by atoms with E-state index in [2.05, 4.69) is 15.0 Å². The fourth-order valence-corrected chi connectivity index (χ4v) is 5.03. The highest BCUT2D eigenvalue weighted by atomic mass is 35.5. The summed E-state index contributed by atoms with van der Waals surface area (Å²) in [4.78, 5) is 13.0. The zero-order chi connectivity index (χ0) is 22.7. The normalized spacial score (nSPS) is 26.2. The SMILES string of the molecule is Cc1cn([C@@H]2OC(COc3ccc4cccnc4c3)[C@H]3OC(C)(C)O[C@H]32)c2ncnc(Cl)c12. The summed E-state index contributed by atoms with van der Waals surface area (Å²) >= 11 is 6.34. The Kier molecular flexibility index (Phi) is 4.81. The molecule has 0 spiro atoms. The lowest BCUT2D eigenvalue weighted by atomic mass is 10.1. The van der Waals surface area contributed by atoms with E-state index in [9.17, 15) is 0 Å². The highest BCUT2D eigenvalue weighted by Crippen LogP contribution is 2.44. The topological polar surface area (TPSA) is 80.5 Å². The van der Waals surface area contributed by atoms with Crippen LogP contribution in [0.3, 0.4) is 0 Å². The van der Waals surface area contributed by atoms with Crippen molar-refractivity contribution in [3.63, 3.8) is 0 Å². The van der Waals surface area contributed by atoms with Crippen LogP contribution in [0.25, 0.3) is 21.9 Å². The summed E-state index contributed by atoms with van der Waals surface area (Å²) in [5, 5.41) is 2.28. The minimum atomic E-state index is -0.729. The molecular formula is C24H23ClN4O4. The van der Waals surface area contributed by atoms with E-state index in [4.69, 9.17) is 30.5 Å². The zero-order valence-electron chi connectivity index (χ0n) is 18.4. The number of pyridine rings is 1. The number of fused-ring (bicyclic) bond motifs is 3. The second-order valence-corrected chi connectivity index (χ2v) is 9.24. The first-order chi connectivity index (χ1) is 15.9. The lowest BCUT2D eigenvalue weighted by Crippen LogP contribution is -2.33. The predicted octanol–water partition coefficient (Wildman–Crippen LogP) is 4.44. The van der Waals surface area contributed by atoms with Crippen molar-refractivity contribution in [2.24, 2.45) is 0 Å². The molecule has 2 aliphatic rings. The Hall–Kier alpha value is -2.78. The number of aromatic nitrogens is 4. The van der Waals surface area contributed by atoms with Gasteiger partial charge in [-0.25, -0.2) is 9.97 Å². The smallest absolute Gasteiger partial charge is 0.165 e. The number of hydrogen-bond donors (Lipinski definition) is 0. The first-order valence-corrected chi connectivity index (χ1v) is 11.2. The largest absolute Gasteiger partial charge is 0.491 e. The van der Waals surface area contributed by atoms with E-state index in [1.54, 1.807) is 6.20 Å². The fraction of sp³-hybridized carbons (Fsp3) is 0.375. The molecule has 0 amide bonds. The van der Waals surface area contributed by atoms with Gasteiger partial charge in [-0.1, -0.05) is 17.7 Å². The van der Waals surface area contributed by atoms with Crippen LogP contribution in [0.1, 0.15) is 25.6 Å². The lowest BCUT2D eigenvalue weighted by Gasteiger charge is -2.25. The molecule has 0 bridgehead atoms. The van der Waals surface area contributed by atoms with Gasteiger partial charge in [0.05, 0.1) is 10.9 Å². The summed E-state index contributed by atoms with van der Waals surface area (Å²) in [6.07, 6.45) is 3.81. The number of benzene rings is 1. The average molecular weight is 467 g/mol. The predicted molar refractivity (Wildman–Crippen MR) is 122 cm³/mol. The van der Waals surface area contributed by atoms with E-state index in [1.807, 2.05) is 61.9 Å². The number of halogens is 1. The van der Waals surface area contributed by atoms with Crippen LogP contribution in [-0.2, 0) is 14.2 Å². The van der Waals surface area contributed by atoms with Gasteiger partial charge >= 0.3 is 0 Å². The minimum absolute atomic E-state index is 0.293. The highest BCUT2D eigenvalue weighted by Gasteiger charge is 2.56. The summed E-state index contributed by atoms with van der Waals surface area (Å²) < 4.78 is 27.0. The van der Waals surface area contributed by atoms with Crippen LogP contribution in [0, 0.1) is 6.92 Å². The number of nitrogens with zero attached hydrogens (tertiary/aromatic N) is 4. The molecule has 9 heteroatoms. The van der Waals surface area contributed by atoms with Gasteiger partial charge in [0, 0.05) is 23.8 Å². The molecule has 5 heterocycles. The molecule has 4 aromatic rings. The van der Waals surface area contributed by atoms with Gasteiger partial charge in [0.2, 0.25) is 0 Å². The Morgan fingerprint density at radius 3 is 2.85 bits per heavy atom. The molecule has 2 fully saturated rings. The van der Waals surface area contributed by atoms with Crippen LogP contribution in [0.4, 0.5) is 0 Å². The van der Waals surface area contributed by atoms with E-state index < -0.39 is 12.0 Å². The average Bonchev–Trinajstić information content (AvgIpc) is 3.41. The molecular weight excluding hydrogens is 444 g/mol. The Morgan fingerprint density at radius 1 is 1.12 bits per heavy atom. The van der Waals surface area contributed by atoms with Crippen molar-refractivity contribution in [2.45, 2.75) is 51.1 Å². The highest BCUT2D eigenvalue weighted by molar-refractivity contribution is 6.34. The first kappa shape index (κ1) is 20.8. The van der Waals surface area contributed by atoms with E-state index in [1.165, 1.54) is 6.33 Å². The molecule has 0 saturated carbocycles. The summed E-state index contributed by atoms with van der Waals surface area (Å²) in [5.41, 5.74) is 2.55. The van der Waals surface area contributed by atoms with Gasteiger partial charge in [-0.15, -0.1) is 0 Å². The van der Waals surface area contributed by atoms with Gasteiger partial charge in [0.15, 0.2) is 12.0 Å². The third-order valence-corrected chi connectivity index (χ3v) is 6.43. The molecule has 1 aromatic carbocycles. The van der Waals surface area contributed by atoms with Crippen molar-refractivity contribution in [1.29, 1.82) is 0 Å². The second kappa shape index (κ2) is 7.63. The van der Waals surface area contributed by atoms with Crippen molar-refractivity contribution in [1.82, 2.24) is 19.5 Å². The van der Waals surface area contributed by atoms with E-state index in [-0.39, 0.29) is 18.3 Å². The standard InChI is InChI=1S/C24H23ClN4O4/c1-13-10-29(22-18(13)21(25)27-12-28-22)23-20-19(32-24(2,3)33-20)17(31-23)11-30-15-7-6-14-5-4-8-26-16(14)9-15/h4-10,12,17,19-20,23H,11H2,1-3H3/t17?,19-,20-,23-/m1/s1. The zero-order valence-corrected chi connectivity index (χ0v) is 19.2. The lowest BCUT2D eigenvalue weighted by molar-refractivity contribution is -0.198. The van der Waals surface area contributed by atoms with Crippen molar-refractivity contribution in [3.05, 3.63) is 59.8 Å². The fourth-order valence-electron chi connectivity index (χ4n) is 4.75. The molecule has 3 aromatic heterocycles. The molecule has 2 aliphatic heterocycles. The summed E-state index contributed by atoms with van der Waals surface area (Å²) in [6, 6.07) is 9.80. The Labute approximate surface area is 195 Å². The van der Waals surface area contributed by atoms with Gasteiger partial charge < -0.3 is 23.5 Å². The summed E-state index contributed by atoms with van der Waals surface area (Å²) in [7, 11) is 0. The van der Waals surface area contributed by atoms with E-state index in [0.717, 1.165) is 27.6 Å². The number of rotatable bonds is 4. The molecule has 8 nitrogen and oxygen atoms in total. The van der Waals surface area contributed by atoms with Crippen LogP contribution in [0.15, 0.2) is 49.1 Å². The third kappa shape index (κ3) is 3.54. The molecule has 170 valence electrons. The first-order valence-electron chi connectivity index (χ1n) is 10.9. The Bertz CT molecular complexity index is 1360. The van der Waals surface area contributed by atoms with E-state index >= 15 is 0 Å². The maximum absolute atomic E-state index is 6.45. The van der Waals surface area contributed by atoms with Gasteiger partial charge in [-0.2, -0.15) is 0 Å². The molecule has 4 atom stereocenters. The molecule has 1 unspecified atom stereocenters. The second-order valence-electron chi connectivity index (χ2n) is 8.88. The summed E-state index contributed by atoms with van der Waals surface area (Å²) in [5.74, 6) is -0.00243. The maximum atomic E-state index is 6.45. The molecule has 6 rings (SSSR count). The van der Waals surface area contributed by atoms with Gasteiger partial charge in [0.25, 0.3) is 0 Å². The molecule has 0 aliphatic carbocycles. The summed E-state index contributed by atoms with van der Waals surface area (Å²) in [6.45, 7) is 6.11. The van der Waals surface area contributed by atoms with Gasteiger partial charge in [0.1, 0.15) is 47.8 Å². The number of ether oxygens (including phenoxy) is 4. The molecule has 0 radical (unpaired) electrons. The van der Waals surface area contributed by atoms with Crippen LogP contribution in [0.2, 0.25) is 5.15 Å². The van der Waals surface area contributed by atoms with Crippen LogP contribution >= 0.6 is 11.6 Å². The van der Waals surface area contributed by atoms with Crippen LogP contribution in [-0.4, -0.2) is 50.2 Å². The van der Waals surface area contributed by atoms with Crippen molar-refractivity contribution in [2.75, 3.05) is 6.61 Å². The Morgan fingerprint density at radius 2 is 1.97 bits per heavy atom. The van der Waals surface area contributed by atoms with Gasteiger partial charge in [-0.05, 0) is 44.5 Å². The third-order valence-electron chi connectivity index (χ3n) is 6.14. The molecule has 2 saturated heterocycles. The van der Waals surface area contributed by atoms with E-state index in [0.29, 0.717) is 17.4 Å². The Balaban J connectivity index is 1.30. The van der Waals surface area contributed by atoms with Crippen molar-refractivity contribution >= 4 is 33.5 Å². The number of hydrogen-bond acceptors (Lipinski definition) is 7.